The van der Waals surface area contributed by atoms with Crippen LogP contribution >= 0.6 is 15.9 Å². The van der Waals surface area contributed by atoms with Gasteiger partial charge in [-0.1, -0.05) is 15.9 Å². The van der Waals surface area contributed by atoms with E-state index < -0.39 is 0 Å². The summed E-state index contributed by atoms with van der Waals surface area (Å²) in [6.45, 7) is 1.03. The zero-order valence-electron chi connectivity index (χ0n) is 12.9. The number of nitrogens with one attached hydrogen (secondary N) is 1. The Labute approximate surface area is 136 Å². The highest BCUT2D eigenvalue weighted by Gasteiger charge is 2.28. The predicted octanol–water partition coefficient (Wildman–Crippen LogP) is 3.22. The summed E-state index contributed by atoms with van der Waals surface area (Å²) in [5, 5.41) is 3.41. The van der Waals surface area contributed by atoms with Crippen molar-refractivity contribution in [3.63, 3.8) is 0 Å². The van der Waals surface area contributed by atoms with Crippen LogP contribution in [0.15, 0.2) is 22.7 Å². The van der Waals surface area contributed by atoms with E-state index >= 15 is 0 Å². The van der Waals surface area contributed by atoms with Crippen molar-refractivity contribution in [1.29, 1.82) is 0 Å². The van der Waals surface area contributed by atoms with Gasteiger partial charge in [0.05, 0.1) is 0 Å². The van der Waals surface area contributed by atoms with E-state index in [2.05, 4.69) is 58.4 Å². The van der Waals surface area contributed by atoms with Gasteiger partial charge in [-0.2, -0.15) is 0 Å². The number of fused-ring (bicyclic) bond motifs is 1. The van der Waals surface area contributed by atoms with E-state index in [0.717, 1.165) is 29.2 Å². The highest BCUT2D eigenvalue weighted by atomic mass is 79.9. The van der Waals surface area contributed by atoms with E-state index in [1.54, 1.807) is 0 Å². The van der Waals surface area contributed by atoms with Crippen molar-refractivity contribution >= 4 is 15.9 Å². The van der Waals surface area contributed by atoms with Crippen LogP contribution in [0.3, 0.4) is 0 Å². The van der Waals surface area contributed by atoms with Crippen molar-refractivity contribution in [2.75, 3.05) is 20.6 Å². The van der Waals surface area contributed by atoms with Crippen molar-refractivity contribution in [3.05, 3.63) is 28.2 Å². The lowest BCUT2D eigenvalue weighted by Gasteiger charge is -2.35. The zero-order chi connectivity index (χ0) is 14.8. The molecule has 3 nitrogen and oxygen atoms in total. The van der Waals surface area contributed by atoms with E-state index in [1.165, 1.54) is 31.2 Å². The number of rotatable bonds is 4. The normalized spacial score (nSPS) is 28.5. The molecule has 1 heterocycles. The standard InChI is InChI=1S/C17H25BrN2O/c1-19-14-4-6-15(7-5-14)20(2)11-16-10-12-9-13(18)3-8-17(12)21-16/h3,8-9,14-16,19H,4-7,10-11H2,1-2H3. The first kappa shape index (κ1) is 15.3. The molecule has 2 aliphatic rings. The van der Waals surface area contributed by atoms with E-state index in [0.29, 0.717) is 12.1 Å². The third kappa shape index (κ3) is 3.61. The molecule has 1 fully saturated rings. The van der Waals surface area contributed by atoms with E-state index in [1.807, 2.05) is 0 Å². The van der Waals surface area contributed by atoms with Gasteiger partial charge >= 0.3 is 0 Å². The highest BCUT2D eigenvalue weighted by molar-refractivity contribution is 9.10. The molecule has 1 atom stereocenters. The Balaban J connectivity index is 1.52. The summed E-state index contributed by atoms with van der Waals surface area (Å²) in [6.07, 6.45) is 6.53. The Morgan fingerprint density at radius 2 is 2.05 bits per heavy atom. The quantitative estimate of drug-likeness (QED) is 0.900. The molecule has 0 bridgehead atoms. The van der Waals surface area contributed by atoms with Gasteiger partial charge < -0.3 is 10.1 Å². The van der Waals surface area contributed by atoms with Gasteiger partial charge in [-0.25, -0.2) is 0 Å². The van der Waals surface area contributed by atoms with Crippen LogP contribution in [-0.4, -0.2) is 43.7 Å². The Morgan fingerprint density at radius 3 is 2.76 bits per heavy atom. The number of ether oxygens (including phenoxy) is 1. The van der Waals surface area contributed by atoms with Crippen LogP contribution in [-0.2, 0) is 6.42 Å². The molecule has 0 aromatic heterocycles. The van der Waals surface area contributed by atoms with Gasteiger partial charge in [-0.05, 0) is 63.5 Å². The van der Waals surface area contributed by atoms with Crippen LogP contribution in [0.5, 0.6) is 5.75 Å². The Morgan fingerprint density at radius 1 is 1.29 bits per heavy atom. The Bertz CT molecular complexity index is 486. The number of nitrogens with zero attached hydrogens (tertiary/aromatic N) is 1. The van der Waals surface area contributed by atoms with Crippen LogP contribution in [0.25, 0.3) is 0 Å². The second-order valence-corrected chi connectivity index (χ2v) is 7.35. The van der Waals surface area contributed by atoms with Gasteiger partial charge in [0, 0.05) is 29.5 Å². The summed E-state index contributed by atoms with van der Waals surface area (Å²) >= 11 is 3.54. The third-order valence-corrected chi connectivity index (χ3v) is 5.48. The SMILES string of the molecule is CNC1CCC(N(C)CC2Cc3cc(Br)ccc3O2)CC1. The van der Waals surface area contributed by atoms with Crippen LogP contribution in [0.1, 0.15) is 31.2 Å². The number of hydrogen-bond acceptors (Lipinski definition) is 3. The molecule has 1 saturated carbocycles. The van der Waals surface area contributed by atoms with Gasteiger partial charge in [-0.3, -0.25) is 4.90 Å². The molecule has 1 unspecified atom stereocenters. The molecule has 21 heavy (non-hydrogen) atoms. The maximum atomic E-state index is 6.09. The maximum absolute atomic E-state index is 6.09. The summed E-state index contributed by atoms with van der Waals surface area (Å²) in [4.78, 5) is 2.51. The molecule has 0 saturated heterocycles. The molecule has 3 rings (SSSR count). The topological polar surface area (TPSA) is 24.5 Å². The van der Waals surface area contributed by atoms with Crippen molar-refractivity contribution in [2.24, 2.45) is 0 Å². The molecule has 0 amide bonds. The van der Waals surface area contributed by atoms with Crippen LogP contribution in [0.4, 0.5) is 0 Å². The Hall–Kier alpha value is -0.580. The molecule has 1 aromatic rings. The average Bonchev–Trinajstić information content (AvgIpc) is 2.88. The second-order valence-electron chi connectivity index (χ2n) is 6.43. The van der Waals surface area contributed by atoms with E-state index in [9.17, 15) is 0 Å². The molecular formula is C17H25BrN2O. The molecule has 0 radical (unpaired) electrons. The summed E-state index contributed by atoms with van der Waals surface area (Å²) < 4.78 is 7.23. The summed E-state index contributed by atoms with van der Waals surface area (Å²) in [5.41, 5.74) is 1.33. The minimum atomic E-state index is 0.307. The Kier molecular flexibility index (Phi) is 4.87. The van der Waals surface area contributed by atoms with Gasteiger partial charge in [0.1, 0.15) is 11.9 Å². The largest absolute Gasteiger partial charge is 0.488 e. The average molecular weight is 353 g/mol. The third-order valence-electron chi connectivity index (χ3n) is 4.98. The first-order valence-corrected chi connectivity index (χ1v) is 8.77. The molecular weight excluding hydrogens is 328 g/mol. The van der Waals surface area contributed by atoms with Crippen molar-refractivity contribution in [2.45, 2.75) is 50.3 Å². The number of benzene rings is 1. The maximum Gasteiger partial charge on any atom is 0.123 e. The summed E-state index contributed by atoms with van der Waals surface area (Å²) in [5.74, 6) is 1.07. The number of hydrogen-bond donors (Lipinski definition) is 1. The molecule has 1 N–H and O–H groups in total. The van der Waals surface area contributed by atoms with E-state index in [-0.39, 0.29) is 0 Å². The molecule has 1 aliphatic carbocycles. The van der Waals surface area contributed by atoms with Crippen LogP contribution in [0.2, 0.25) is 0 Å². The van der Waals surface area contributed by atoms with Crippen LogP contribution in [0, 0.1) is 0 Å². The molecule has 0 spiro atoms. The summed E-state index contributed by atoms with van der Waals surface area (Å²) in [7, 11) is 4.34. The lowest BCUT2D eigenvalue weighted by Crippen LogP contribution is -2.43. The van der Waals surface area contributed by atoms with Gasteiger partial charge in [0.2, 0.25) is 0 Å². The minimum absolute atomic E-state index is 0.307. The number of halogens is 1. The molecule has 1 aliphatic heterocycles. The fraction of sp³-hybridized carbons (Fsp3) is 0.647. The highest BCUT2D eigenvalue weighted by Crippen LogP contribution is 2.32. The second kappa shape index (κ2) is 6.67. The monoisotopic (exact) mass is 352 g/mol. The van der Waals surface area contributed by atoms with Crippen molar-refractivity contribution in [1.82, 2.24) is 10.2 Å². The fourth-order valence-electron chi connectivity index (χ4n) is 3.67. The van der Waals surface area contributed by atoms with Crippen molar-refractivity contribution < 1.29 is 4.74 Å². The van der Waals surface area contributed by atoms with Crippen LogP contribution < -0.4 is 10.1 Å². The van der Waals surface area contributed by atoms with Crippen molar-refractivity contribution in [3.8, 4) is 5.75 Å². The molecule has 116 valence electrons. The summed E-state index contributed by atoms with van der Waals surface area (Å²) in [6, 6.07) is 7.77. The first-order valence-electron chi connectivity index (χ1n) is 7.98. The smallest absolute Gasteiger partial charge is 0.123 e. The van der Waals surface area contributed by atoms with Gasteiger partial charge in [-0.15, -0.1) is 0 Å². The molecule has 4 heteroatoms. The fourth-order valence-corrected chi connectivity index (χ4v) is 4.07. The molecule has 1 aromatic carbocycles. The lowest BCUT2D eigenvalue weighted by molar-refractivity contribution is 0.114. The van der Waals surface area contributed by atoms with Gasteiger partial charge in [0.15, 0.2) is 0 Å². The first-order chi connectivity index (χ1) is 10.2. The van der Waals surface area contributed by atoms with Gasteiger partial charge in [0.25, 0.3) is 0 Å². The minimum Gasteiger partial charge on any atom is -0.488 e. The van der Waals surface area contributed by atoms with E-state index in [4.69, 9.17) is 4.74 Å². The predicted molar refractivity (Wildman–Crippen MR) is 90.0 cm³/mol. The number of likely N-dealkylation sites (N-methyl/N-ethyl adjacent to an activating group) is 1. The lowest BCUT2D eigenvalue weighted by atomic mass is 9.90. The zero-order valence-corrected chi connectivity index (χ0v) is 14.5.